The van der Waals surface area contributed by atoms with Gasteiger partial charge in [0.25, 0.3) is 5.91 Å². The molecule has 0 bridgehead atoms. The molecule has 2 rings (SSSR count). The minimum Gasteiger partial charge on any atom is -0.342 e. The molecule has 118 valence electrons. The van der Waals surface area contributed by atoms with Crippen molar-refractivity contribution >= 4 is 15.9 Å². The van der Waals surface area contributed by atoms with Crippen LogP contribution < -0.4 is 5.14 Å². The monoisotopic (exact) mass is 313 g/mol. The van der Waals surface area contributed by atoms with E-state index in [1.807, 2.05) is 6.92 Å². The van der Waals surface area contributed by atoms with Gasteiger partial charge in [0, 0.05) is 25.8 Å². The van der Waals surface area contributed by atoms with Gasteiger partial charge in [0.1, 0.15) is 10.6 Å². The molecule has 1 aromatic rings. The fraction of sp³-hybridized carbons (Fsp3) is 0.643. The van der Waals surface area contributed by atoms with E-state index in [4.69, 9.17) is 5.14 Å². The molecule has 0 aliphatic carbocycles. The Balaban J connectivity index is 2.21. The molecule has 2 N–H and O–H groups in total. The quantitative estimate of drug-likeness (QED) is 0.912. The number of amides is 1. The SMILES string of the molecule is CCC1CCN(C(=O)c2cc(S(N)(=O)=O)cn2CC)CC1. The van der Waals surface area contributed by atoms with Crippen molar-refractivity contribution < 1.29 is 13.2 Å². The molecule has 6 nitrogen and oxygen atoms in total. The Labute approximate surface area is 126 Å². The van der Waals surface area contributed by atoms with Crippen LogP contribution in [0.4, 0.5) is 0 Å². The Morgan fingerprint density at radius 3 is 2.43 bits per heavy atom. The van der Waals surface area contributed by atoms with E-state index in [1.165, 1.54) is 12.3 Å². The summed E-state index contributed by atoms with van der Waals surface area (Å²) in [6.45, 7) is 6.03. The molecule has 0 radical (unpaired) electrons. The van der Waals surface area contributed by atoms with Crippen LogP contribution in [-0.4, -0.2) is 36.9 Å². The molecule has 0 saturated carbocycles. The molecular formula is C14H23N3O3S. The number of hydrogen-bond donors (Lipinski definition) is 1. The Morgan fingerprint density at radius 1 is 1.33 bits per heavy atom. The number of piperidine rings is 1. The highest BCUT2D eigenvalue weighted by Gasteiger charge is 2.26. The van der Waals surface area contributed by atoms with Crippen molar-refractivity contribution in [2.24, 2.45) is 11.1 Å². The number of likely N-dealkylation sites (tertiary alicyclic amines) is 1. The van der Waals surface area contributed by atoms with E-state index in [1.54, 1.807) is 9.47 Å². The molecule has 0 unspecified atom stereocenters. The van der Waals surface area contributed by atoms with Gasteiger partial charge in [-0.25, -0.2) is 13.6 Å². The molecule has 1 aliphatic heterocycles. The van der Waals surface area contributed by atoms with Gasteiger partial charge in [-0.3, -0.25) is 4.79 Å². The average molecular weight is 313 g/mol. The van der Waals surface area contributed by atoms with Crippen LogP contribution in [0.3, 0.4) is 0 Å². The number of aryl methyl sites for hydroxylation is 1. The fourth-order valence-electron chi connectivity index (χ4n) is 2.79. The number of carbonyl (C=O) groups is 1. The van der Waals surface area contributed by atoms with Crippen LogP contribution in [-0.2, 0) is 16.6 Å². The Bertz CT molecular complexity index is 613. The number of primary sulfonamides is 1. The van der Waals surface area contributed by atoms with Gasteiger partial charge in [-0.05, 0) is 31.7 Å². The normalized spacial score (nSPS) is 17.2. The first-order valence-electron chi connectivity index (χ1n) is 7.39. The number of sulfonamides is 1. The van der Waals surface area contributed by atoms with Gasteiger partial charge in [-0.15, -0.1) is 0 Å². The first-order chi connectivity index (χ1) is 9.86. The summed E-state index contributed by atoms with van der Waals surface area (Å²) in [6, 6.07) is 1.38. The summed E-state index contributed by atoms with van der Waals surface area (Å²) in [5.74, 6) is 0.577. The summed E-state index contributed by atoms with van der Waals surface area (Å²) in [5.41, 5.74) is 0.400. The third kappa shape index (κ3) is 3.47. The summed E-state index contributed by atoms with van der Waals surface area (Å²) >= 11 is 0. The number of nitrogens with zero attached hydrogens (tertiary/aromatic N) is 2. The molecule has 7 heteroatoms. The maximum absolute atomic E-state index is 12.6. The number of hydrogen-bond acceptors (Lipinski definition) is 3. The maximum atomic E-state index is 12.6. The zero-order chi connectivity index (χ0) is 15.6. The van der Waals surface area contributed by atoms with Crippen LogP contribution in [0.2, 0.25) is 0 Å². The molecule has 2 heterocycles. The second-order valence-corrected chi connectivity index (χ2v) is 7.10. The number of aromatic nitrogens is 1. The predicted molar refractivity (Wildman–Crippen MR) is 80.4 cm³/mol. The van der Waals surface area contributed by atoms with E-state index in [0.717, 1.165) is 32.4 Å². The molecule has 1 saturated heterocycles. The van der Waals surface area contributed by atoms with Crippen LogP contribution in [0.5, 0.6) is 0 Å². The van der Waals surface area contributed by atoms with Crippen molar-refractivity contribution in [3.05, 3.63) is 18.0 Å². The van der Waals surface area contributed by atoms with Crippen LogP contribution in [0, 0.1) is 5.92 Å². The summed E-state index contributed by atoms with van der Waals surface area (Å²) in [6.07, 6.45) is 4.60. The summed E-state index contributed by atoms with van der Waals surface area (Å²) in [4.78, 5) is 14.4. The van der Waals surface area contributed by atoms with Crippen molar-refractivity contribution in [1.82, 2.24) is 9.47 Å². The topological polar surface area (TPSA) is 85.4 Å². The Morgan fingerprint density at radius 2 is 1.95 bits per heavy atom. The highest BCUT2D eigenvalue weighted by Crippen LogP contribution is 2.22. The largest absolute Gasteiger partial charge is 0.342 e. The van der Waals surface area contributed by atoms with Gasteiger partial charge in [0.2, 0.25) is 10.0 Å². The van der Waals surface area contributed by atoms with Gasteiger partial charge in [-0.2, -0.15) is 0 Å². The zero-order valence-electron chi connectivity index (χ0n) is 12.6. The molecule has 1 fully saturated rings. The minimum absolute atomic E-state index is 0.00357. The van der Waals surface area contributed by atoms with E-state index in [0.29, 0.717) is 18.2 Å². The van der Waals surface area contributed by atoms with Crippen molar-refractivity contribution in [1.29, 1.82) is 0 Å². The lowest BCUT2D eigenvalue weighted by atomic mass is 9.94. The summed E-state index contributed by atoms with van der Waals surface area (Å²) in [5, 5.41) is 5.14. The third-order valence-corrected chi connectivity index (χ3v) is 5.12. The Kier molecular flexibility index (Phi) is 4.73. The van der Waals surface area contributed by atoms with E-state index >= 15 is 0 Å². The first-order valence-corrected chi connectivity index (χ1v) is 8.93. The van der Waals surface area contributed by atoms with Crippen LogP contribution in [0.15, 0.2) is 17.2 Å². The highest BCUT2D eigenvalue weighted by molar-refractivity contribution is 7.89. The van der Waals surface area contributed by atoms with Crippen molar-refractivity contribution in [2.75, 3.05) is 13.1 Å². The molecular weight excluding hydrogens is 290 g/mol. The van der Waals surface area contributed by atoms with Crippen LogP contribution in [0.1, 0.15) is 43.6 Å². The van der Waals surface area contributed by atoms with E-state index in [9.17, 15) is 13.2 Å². The smallest absolute Gasteiger partial charge is 0.270 e. The number of nitrogens with two attached hydrogens (primary N) is 1. The van der Waals surface area contributed by atoms with Crippen molar-refractivity contribution in [2.45, 2.75) is 44.6 Å². The molecule has 1 aromatic heterocycles. The van der Waals surface area contributed by atoms with Gasteiger partial charge >= 0.3 is 0 Å². The van der Waals surface area contributed by atoms with E-state index in [2.05, 4.69) is 6.92 Å². The lowest BCUT2D eigenvalue weighted by Gasteiger charge is -2.31. The second kappa shape index (κ2) is 6.19. The van der Waals surface area contributed by atoms with Crippen LogP contribution >= 0.6 is 0 Å². The molecule has 0 atom stereocenters. The average Bonchev–Trinajstić information content (AvgIpc) is 2.91. The standard InChI is InChI=1S/C14H23N3O3S/c1-3-11-5-7-17(8-6-11)14(18)13-9-12(21(15,19)20)10-16(13)4-2/h9-11H,3-8H2,1-2H3,(H2,15,19,20). The van der Waals surface area contributed by atoms with Crippen molar-refractivity contribution in [3.8, 4) is 0 Å². The maximum Gasteiger partial charge on any atom is 0.270 e. The molecule has 1 aliphatic rings. The first kappa shape index (κ1) is 16.0. The fourth-order valence-corrected chi connectivity index (χ4v) is 3.34. The summed E-state index contributed by atoms with van der Waals surface area (Å²) < 4.78 is 24.5. The molecule has 1 amide bonds. The second-order valence-electron chi connectivity index (χ2n) is 5.54. The Hall–Kier alpha value is -1.34. The third-order valence-electron chi connectivity index (χ3n) is 4.24. The van der Waals surface area contributed by atoms with Gasteiger partial charge in [0.05, 0.1) is 0 Å². The van der Waals surface area contributed by atoms with Crippen molar-refractivity contribution in [3.63, 3.8) is 0 Å². The summed E-state index contributed by atoms with van der Waals surface area (Å²) in [7, 11) is -3.78. The van der Waals surface area contributed by atoms with Crippen LogP contribution in [0.25, 0.3) is 0 Å². The zero-order valence-corrected chi connectivity index (χ0v) is 13.4. The van der Waals surface area contributed by atoms with Gasteiger partial charge in [0.15, 0.2) is 0 Å². The predicted octanol–water partition coefficient (Wildman–Crippen LogP) is 1.42. The lowest BCUT2D eigenvalue weighted by Crippen LogP contribution is -2.39. The minimum atomic E-state index is -3.78. The van der Waals surface area contributed by atoms with Gasteiger partial charge < -0.3 is 9.47 Å². The lowest BCUT2D eigenvalue weighted by molar-refractivity contribution is 0.0678. The number of carbonyl (C=O) groups excluding carboxylic acids is 1. The van der Waals surface area contributed by atoms with Gasteiger partial charge in [-0.1, -0.05) is 13.3 Å². The molecule has 0 spiro atoms. The van der Waals surface area contributed by atoms with E-state index in [-0.39, 0.29) is 10.8 Å². The highest BCUT2D eigenvalue weighted by atomic mass is 32.2. The van der Waals surface area contributed by atoms with E-state index < -0.39 is 10.0 Å². The molecule has 0 aromatic carbocycles. The number of rotatable bonds is 4. The molecule has 21 heavy (non-hydrogen) atoms.